The van der Waals surface area contributed by atoms with Crippen LogP contribution in [0, 0.1) is 0 Å². The molecule has 0 aromatic carbocycles. The zero-order chi connectivity index (χ0) is 12.4. The Morgan fingerprint density at radius 1 is 1.41 bits per heavy atom. The van der Waals surface area contributed by atoms with Crippen LogP contribution in [0.4, 0.5) is 0 Å². The third-order valence-electron chi connectivity index (χ3n) is 3.67. The molecule has 1 aromatic rings. The molecule has 4 nitrogen and oxygen atoms in total. The smallest absolute Gasteiger partial charge is 0.0650 e. The fourth-order valence-corrected chi connectivity index (χ4v) is 2.64. The predicted octanol–water partition coefficient (Wildman–Crippen LogP) is 1.95. The van der Waals surface area contributed by atoms with Crippen LogP contribution in [0.25, 0.3) is 0 Å². The van der Waals surface area contributed by atoms with Crippen LogP contribution < -0.4 is 5.73 Å². The molecule has 2 heterocycles. The van der Waals surface area contributed by atoms with Gasteiger partial charge in [0.25, 0.3) is 0 Å². The number of rotatable bonds is 3. The van der Waals surface area contributed by atoms with E-state index < -0.39 is 0 Å². The third-order valence-corrected chi connectivity index (χ3v) is 3.67. The summed E-state index contributed by atoms with van der Waals surface area (Å²) in [5.41, 5.74) is 7.14. The van der Waals surface area contributed by atoms with Gasteiger partial charge < -0.3 is 5.73 Å². The zero-order valence-corrected chi connectivity index (χ0v) is 11.1. The van der Waals surface area contributed by atoms with Crippen molar-refractivity contribution in [1.29, 1.82) is 0 Å². The molecule has 1 saturated heterocycles. The molecule has 0 bridgehead atoms. The second kappa shape index (κ2) is 5.19. The van der Waals surface area contributed by atoms with Gasteiger partial charge in [0.05, 0.1) is 11.7 Å². The highest BCUT2D eigenvalue weighted by Gasteiger charge is 2.25. The Morgan fingerprint density at radius 2 is 2.18 bits per heavy atom. The van der Waals surface area contributed by atoms with E-state index in [2.05, 4.69) is 28.5 Å². The fraction of sp³-hybridized carbons (Fsp3) is 0.769. The molecule has 0 aliphatic carbocycles. The molecule has 2 unspecified atom stereocenters. The van der Waals surface area contributed by atoms with Gasteiger partial charge in [-0.3, -0.25) is 9.58 Å². The number of piperidine rings is 1. The van der Waals surface area contributed by atoms with E-state index in [1.807, 2.05) is 19.2 Å². The molecule has 0 saturated carbocycles. The minimum Gasteiger partial charge on any atom is -0.323 e. The van der Waals surface area contributed by atoms with Gasteiger partial charge in [0.15, 0.2) is 0 Å². The van der Waals surface area contributed by atoms with Crippen molar-refractivity contribution in [3.63, 3.8) is 0 Å². The Bertz CT molecular complexity index is 356. The number of hydrogen-bond acceptors (Lipinski definition) is 3. The highest BCUT2D eigenvalue weighted by molar-refractivity contribution is 5.06. The largest absolute Gasteiger partial charge is 0.323 e. The van der Waals surface area contributed by atoms with Crippen molar-refractivity contribution in [3.05, 3.63) is 18.0 Å². The molecule has 2 rings (SSSR count). The number of nitrogens with two attached hydrogens (primary N) is 1. The van der Waals surface area contributed by atoms with Gasteiger partial charge in [0, 0.05) is 24.8 Å². The van der Waals surface area contributed by atoms with Crippen molar-refractivity contribution in [2.75, 3.05) is 13.1 Å². The summed E-state index contributed by atoms with van der Waals surface area (Å²) >= 11 is 0. The first-order chi connectivity index (χ1) is 8.09. The number of aromatic nitrogens is 2. The van der Waals surface area contributed by atoms with Crippen LogP contribution in [-0.4, -0.2) is 33.8 Å². The van der Waals surface area contributed by atoms with Crippen molar-refractivity contribution >= 4 is 0 Å². The summed E-state index contributed by atoms with van der Waals surface area (Å²) in [5, 5.41) is 4.46. The quantitative estimate of drug-likeness (QED) is 0.872. The summed E-state index contributed by atoms with van der Waals surface area (Å²) in [6.07, 6.45) is 4.33. The second-order valence-corrected chi connectivity index (χ2v) is 5.37. The van der Waals surface area contributed by atoms with Crippen LogP contribution in [-0.2, 0) is 0 Å². The Kier molecular flexibility index (Phi) is 3.84. The lowest BCUT2D eigenvalue weighted by molar-refractivity contribution is 0.135. The van der Waals surface area contributed by atoms with Gasteiger partial charge in [-0.15, -0.1) is 0 Å². The van der Waals surface area contributed by atoms with E-state index in [0.717, 1.165) is 12.2 Å². The van der Waals surface area contributed by atoms with E-state index >= 15 is 0 Å². The molecule has 96 valence electrons. The molecule has 0 amide bonds. The van der Waals surface area contributed by atoms with Crippen LogP contribution >= 0.6 is 0 Å². The lowest BCUT2D eigenvalue weighted by Gasteiger charge is -2.36. The molecule has 1 aliphatic rings. The summed E-state index contributed by atoms with van der Waals surface area (Å²) in [6, 6.07) is 3.21. The molecular formula is C13H24N4. The topological polar surface area (TPSA) is 47.1 Å². The summed E-state index contributed by atoms with van der Waals surface area (Å²) in [4.78, 5) is 2.53. The summed E-state index contributed by atoms with van der Waals surface area (Å²) < 4.78 is 2.14. The van der Waals surface area contributed by atoms with Gasteiger partial charge in [-0.05, 0) is 46.2 Å². The molecule has 17 heavy (non-hydrogen) atoms. The molecule has 0 spiro atoms. The van der Waals surface area contributed by atoms with Crippen molar-refractivity contribution in [2.24, 2.45) is 5.73 Å². The normalized spacial score (nSPS) is 24.2. The monoisotopic (exact) mass is 236 g/mol. The molecule has 4 heteroatoms. The van der Waals surface area contributed by atoms with Crippen molar-refractivity contribution in [1.82, 2.24) is 14.7 Å². The van der Waals surface area contributed by atoms with Gasteiger partial charge in [-0.25, -0.2) is 0 Å². The minimum absolute atomic E-state index is 0.0620. The maximum atomic E-state index is 5.99. The summed E-state index contributed by atoms with van der Waals surface area (Å²) in [5.74, 6) is 0. The van der Waals surface area contributed by atoms with E-state index in [4.69, 9.17) is 5.73 Å². The standard InChI is InChI=1S/C13H24N4/c1-10(2)16-8-4-5-12(9-16)17-13(11(3)14)6-7-15-17/h6-7,10-12H,4-5,8-9,14H2,1-3H3. The van der Waals surface area contributed by atoms with Crippen molar-refractivity contribution < 1.29 is 0 Å². The van der Waals surface area contributed by atoms with Crippen LogP contribution in [0.1, 0.15) is 51.4 Å². The Labute approximate surface area is 104 Å². The van der Waals surface area contributed by atoms with Crippen LogP contribution in [0.5, 0.6) is 0 Å². The first kappa shape index (κ1) is 12.6. The molecule has 1 aromatic heterocycles. The second-order valence-electron chi connectivity index (χ2n) is 5.37. The molecule has 0 radical (unpaired) electrons. The highest BCUT2D eigenvalue weighted by Crippen LogP contribution is 2.25. The Balaban J connectivity index is 2.13. The summed E-state index contributed by atoms with van der Waals surface area (Å²) in [7, 11) is 0. The average molecular weight is 236 g/mol. The predicted molar refractivity (Wildman–Crippen MR) is 69.8 cm³/mol. The van der Waals surface area contributed by atoms with Crippen LogP contribution in [0.15, 0.2) is 12.3 Å². The molecule has 1 aliphatic heterocycles. The van der Waals surface area contributed by atoms with Crippen LogP contribution in [0.3, 0.4) is 0 Å². The Morgan fingerprint density at radius 3 is 2.82 bits per heavy atom. The van der Waals surface area contributed by atoms with E-state index in [0.29, 0.717) is 12.1 Å². The average Bonchev–Trinajstić information content (AvgIpc) is 2.78. The first-order valence-electron chi connectivity index (χ1n) is 6.62. The summed E-state index contributed by atoms with van der Waals surface area (Å²) in [6.45, 7) is 8.86. The van der Waals surface area contributed by atoms with Crippen molar-refractivity contribution in [3.8, 4) is 0 Å². The zero-order valence-electron chi connectivity index (χ0n) is 11.1. The lowest BCUT2D eigenvalue weighted by atomic mass is 10.0. The molecule has 2 N–H and O–H groups in total. The number of likely N-dealkylation sites (tertiary alicyclic amines) is 1. The van der Waals surface area contributed by atoms with E-state index in [1.165, 1.54) is 19.4 Å². The maximum absolute atomic E-state index is 5.99. The number of nitrogens with zero attached hydrogens (tertiary/aromatic N) is 3. The molecule has 1 fully saturated rings. The third kappa shape index (κ3) is 2.69. The van der Waals surface area contributed by atoms with E-state index in [1.54, 1.807) is 0 Å². The van der Waals surface area contributed by atoms with E-state index in [-0.39, 0.29) is 6.04 Å². The molecular weight excluding hydrogens is 212 g/mol. The lowest BCUT2D eigenvalue weighted by Crippen LogP contribution is -2.41. The minimum atomic E-state index is 0.0620. The van der Waals surface area contributed by atoms with Gasteiger partial charge in [0.1, 0.15) is 0 Å². The SMILES string of the molecule is CC(N)c1ccnn1C1CCCN(C(C)C)C1. The van der Waals surface area contributed by atoms with Gasteiger partial charge >= 0.3 is 0 Å². The Hall–Kier alpha value is -0.870. The maximum Gasteiger partial charge on any atom is 0.0650 e. The van der Waals surface area contributed by atoms with Gasteiger partial charge in [-0.1, -0.05) is 0 Å². The van der Waals surface area contributed by atoms with Crippen LogP contribution in [0.2, 0.25) is 0 Å². The highest BCUT2D eigenvalue weighted by atomic mass is 15.3. The first-order valence-corrected chi connectivity index (χ1v) is 6.62. The van der Waals surface area contributed by atoms with Gasteiger partial charge in [-0.2, -0.15) is 5.10 Å². The van der Waals surface area contributed by atoms with Gasteiger partial charge in [0.2, 0.25) is 0 Å². The van der Waals surface area contributed by atoms with Crippen molar-refractivity contribution in [2.45, 2.75) is 51.7 Å². The molecule has 2 atom stereocenters. The number of hydrogen-bond donors (Lipinski definition) is 1. The fourth-order valence-electron chi connectivity index (χ4n) is 2.64. The van der Waals surface area contributed by atoms with E-state index in [9.17, 15) is 0 Å².